The van der Waals surface area contributed by atoms with E-state index in [0.29, 0.717) is 58.1 Å². The molecule has 1 aliphatic heterocycles. The summed E-state index contributed by atoms with van der Waals surface area (Å²) in [6.45, 7) is 2.19. The molecule has 0 saturated carbocycles. The number of ether oxygens (including phenoxy) is 3. The number of halogens is 1. The number of anilines is 1. The van der Waals surface area contributed by atoms with Gasteiger partial charge in [0.25, 0.3) is 5.56 Å². The zero-order valence-electron chi connectivity index (χ0n) is 19.8. The van der Waals surface area contributed by atoms with Crippen LogP contribution in [0.2, 0.25) is 5.02 Å². The third-order valence-electron chi connectivity index (χ3n) is 5.84. The maximum absolute atomic E-state index is 13.6. The highest BCUT2D eigenvalue weighted by atomic mass is 35.5. The molecule has 5 rings (SSSR count). The Hall–Kier alpha value is -4.17. The van der Waals surface area contributed by atoms with Crippen LogP contribution in [0.3, 0.4) is 0 Å². The molecule has 8 nitrogen and oxygen atoms in total. The van der Waals surface area contributed by atoms with Crippen molar-refractivity contribution in [3.63, 3.8) is 0 Å². The quantitative estimate of drug-likeness (QED) is 0.335. The van der Waals surface area contributed by atoms with Crippen molar-refractivity contribution in [3.05, 3.63) is 93.2 Å². The van der Waals surface area contributed by atoms with E-state index >= 15 is 0 Å². The second-order valence-electron chi connectivity index (χ2n) is 8.15. The minimum Gasteiger partial charge on any atom is -0.495 e. The first-order valence-corrected chi connectivity index (χ1v) is 11.8. The number of aromatic nitrogens is 2. The number of rotatable bonds is 7. The van der Waals surface area contributed by atoms with Crippen LogP contribution in [-0.4, -0.2) is 29.0 Å². The lowest BCUT2D eigenvalue weighted by atomic mass is 10.0. The normalized spacial score (nSPS) is 11.8. The molecule has 1 amide bonds. The SMILES string of the molecule is CCOc1cccc2c1Oc1c(c(=O)n(-c3ccccc3)n1CC(=O)Nc1ccc(OC)c(Cl)c1)C2. The van der Waals surface area contributed by atoms with Gasteiger partial charge in [0.1, 0.15) is 12.3 Å². The summed E-state index contributed by atoms with van der Waals surface area (Å²) in [5.41, 5.74) is 2.20. The second-order valence-corrected chi connectivity index (χ2v) is 8.55. The number of carbonyl (C=O) groups excluding carboxylic acids is 1. The Labute approximate surface area is 212 Å². The van der Waals surface area contributed by atoms with Crippen molar-refractivity contribution in [3.8, 4) is 28.8 Å². The standard InChI is InChI=1S/C27H24ClN3O5/c1-3-35-23-11-7-8-17-14-20-26(33)31(19-9-5-4-6-10-19)30(27(20)36-25(17)23)16-24(32)29-18-12-13-22(34-2)21(28)15-18/h4-13,15H,3,14,16H2,1-2H3,(H,29,32). The minimum atomic E-state index is -0.355. The third kappa shape index (κ3) is 4.31. The van der Waals surface area contributed by atoms with Gasteiger partial charge in [0.15, 0.2) is 11.5 Å². The van der Waals surface area contributed by atoms with Crippen molar-refractivity contribution in [2.24, 2.45) is 0 Å². The van der Waals surface area contributed by atoms with Gasteiger partial charge >= 0.3 is 0 Å². The monoisotopic (exact) mass is 505 g/mol. The van der Waals surface area contributed by atoms with Crippen LogP contribution in [0.1, 0.15) is 18.1 Å². The first-order valence-electron chi connectivity index (χ1n) is 11.5. The fraction of sp³-hybridized carbons (Fsp3) is 0.185. The maximum atomic E-state index is 13.6. The predicted molar refractivity (Wildman–Crippen MR) is 137 cm³/mol. The van der Waals surface area contributed by atoms with Gasteiger partial charge in [-0.15, -0.1) is 0 Å². The van der Waals surface area contributed by atoms with E-state index in [-0.39, 0.29) is 18.0 Å². The number of hydrogen-bond acceptors (Lipinski definition) is 5. The lowest BCUT2D eigenvalue weighted by Gasteiger charge is -2.21. The number of hydrogen-bond donors (Lipinski definition) is 1. The number of nitrogens with one attached hydrogen (secondary N) is 1. The summed E-state index contributed by atoms with van der Waals surface area (Å²) in [7, 11) is 1.52. The van der Waals surface area contributed by atoms with Gasteiger partial charge in [-0.2, -0.15) is 0 Å². The van der Waals surface area contributed by atoms with Crippen molar-refractivity contribution < 1.29 is 19.0 Å². The van der Waals surface area contributed by atoms with Crippen LogP contribution in [0.4, 0.5) is 5.69 Å². The number of amides is 1. The molecule has 3 aromatic carbocycles. The van der Waals surface area contributed by atoms with Gasteiger partial charge in [-0.05, 0) is 43.3 Å². The molecule has 1 N–H and O–H groups in total. The van der Waals surface area contributed by atoms with Crippen LogP contribution in [0.25, 0.3) is 5.69 Å². The fourth-order valence-corrected chi connectivity index (χ4v) is 4.52. The predicted octanol–water partition coefficient (Wildman–Crippen LogP) is 5.03. The summed E-state index contributed by atoms with van der Waals surface area (Å²) < 4.78 is 20.2. The largest absolute Gasteiger partial charge is 0.495 e. The van der Waals surface area contributed by atoms with Gasteiger partial charge in [0.05, 0.1) is 30.0 Å². The van der Waals surface area contributed by atoms with E-state index in [1.165, 1.54) is 11.8 Å². The van der Waals surface area contributed by atoms with Gasteiger partial charge in [0.2, 0.25) is 11.8 Å². The van der Waals surface area contributed by atoms with E-state index in [2.05, 4.69) is 5.32 Å². The highest BCUT2D eigenvalue weighted by Gasteiger charge is 2.30. The molecular weight excluding hydrogens is 482 g/mol. The van der Waals surface area contributed by atoms with E-state index in [9.17, 15) is 9.59 Å². The molecule has 184 valence electrons. The molecule has 4 aromatic rings. The number of para-hydroxylation sites is 2. The fourth-order valence-electron chi connectivity index (χ4n) is 4.26. The molecule has 0 unspecified atom stereocenters. The van der Waals surface area contributed by atoms with Crippen LogP contribution in [0.15, 0.2) is 71.5 Å². The average Bonchev–Trinajstić information content (AvgIpc) is 3.14. The van der Waals surface area contributed by atoms with Gasteiger partial charge < -0.3 is 19.5 Å². The van der Waals surface area contributed by atoms with E-state index in [1.807, 2.05) is 55.5 Å². The molecule has 0 spiro atoms. The Morgan fingerprint density at radius 3 is 2.61 bits per heavy atom. The van der Waals surface area contributed by atoms with Gasteiger partial charge in [0, 0.05) is 17.7 Å². The molecule has 0 saturated heterocycles. The summed E-state index contributed by atoms with van der Waals surface area (Å²) in [5, 5.41) is 3.21. The lowest BCUT2D eigenvalue weighted by Crippen LogP contribution is -2.27. The van der Waals surface area contributed by atoms with Crippen LogP contribution < -0.4 is 25.1 Å². The van der Waals surface area contributed by atoms with Crippen molar-refractivity contribution in [1.82, 2.24) is 9.36 Å². The van der Waals surface area contributed by atoms with Crippen molar-refractivity contribution in [1.29, 1.82) is 0 Å². The van der Waals surface area contributed by atoms with Gasteiger partial charge in [-0.3, -0.25) is 9.59 Å². The third-order valence-corrected chi connectivity index (χ3v) is 6.14. The summed E-state index contributed by atoms with van der Waals surface area (Å²) in [6, 6.07) is 19.7. The van der Waals surface area contributed by atoms with Gasteiger partial charge in [-0.1, -0.05) is 41.9 Å². The van der Waals surface area contributed by atoms with Crippen molar-refractivity contribution >= 4 is 23.2 Å². The number of benzene rings is 3. The van der Waals surface area contributed by atoms with Crippen molar-refractivity contribution in [2.75, 3.05) is 19.0 Å². The van der Waals surface area contributed by atoms with E-state index in [1.54, 1.807) is 22.9 Å². The summed E-state index contributed by atoms with van der Waals surface area (Å²) in [5.74, 6) is 1.60. The molecule has 2 heterocycles. The highest BCUT2D eigenvalue weighted by molar-refractivity contribution is 6.32. The first-order chi connectivity index (χ1) is 17.5. The number of nitrogens with zero attached hydrogens (tertiary/aromatic N) is 2. The second kappa shape index (κ2) is 9.83. The molecule has 0 bridgehead atoms. The first kappa shape index (κ1) is 23.6. The molecule has 1 aromatic heterocycles. The van der Waals surface area contributed by atoms with E-state index in [4.69, 9.17) is 25.8 Å². The number of fused-ring (bicyclic) bond motifs is 2. The average molecular weight is 506 g/mol. The van der Waals surface area contributed by atoms with Crippen LogP contribution >= 0.6 is 11.6 Å². The molecule has 1 aliphatic rings. The zero-order valence-corrected chi connectivity index (χ0v) is 20.5. The van der Waals surface area contributed by atoms with Crippen LogP contribution in [-0.2, 0) is 17.8 Å². The Bertz CT molecular complexity index is 1490. The molecule has 0 radical (unpaired) electrons. The molecule has 0 aliphatic carbocycles. The molecule has 36 heavy (non-hydrogen) atoms. The number of carbonyl (C=O) groups is 1. The Morgan fingerprint density at radius 2 is 1.89 bits per heavy atom. The van der Waals surface area contributed by atoms with Crippen LogP contribution in [0.5, 0.6) is 23.1 Å². The zero-order chi connectivity index (χ0) is 25.2. The van der Waals surface area contributed by atoms with Crippen LogP contribution in [0, 0.1) is 0 Å². The van der Waals surface area contributed by atoms with E-state index < -0.39 is 0 Å². The molecular formula is C27H24ClN3O5. The number of methoxy groups -OCH3 is 1. The maximum Gasteiger partial charge on any atom is 0.278 e. The molecule has 9 heteroatoms. The van der Waals surface area contributed by atoms with Crippen molar-refractivity contribution in [2.45, 2.75) is 19.9 Å². The molecule has 0 atom stereocenters. The lowest BCUT2D eigenvalue weighted by molar-refractivity contribution is -0.117. The summed E-state index contributed by atoms with van der Waals surface area (Å²) in [6.07, 6.45) is 0.361. The summed E-state index contributed by atoms with van der Waals surface area (Å²) in [4.78, 5) is 26.7. The summed E-state index contributed by atoms with van der Waals surface area (Å²) >= 11 is 6.21. The molecule has 0 fully saturated rings. The topological polar surface area (TPSA) is 83.7 Å². The Morgan fingerprint density at radius 1 is 1.08 bits per heavy atom. The van der Waals surface area contributed by atoms with Gasteiger partial charge in [-0.25, -0.2) is 9.36 Å². The smallest absolute Gasteiger partial charge is 0.278 e. The van der Waals surface area contributed by atoms with E-state index in [0.717, 1.165) is 5.56 Å². The Kier molecular flexibility index (Phi) is 6.43. The minimum absolute atomic E-state index is 0.171. The Balaban J connectivity index is 1.55. The highest BCUT2D eigenvalue weighted by Crippen LogP contribution is 2.42.